The number of ether oxygens (including phenoxy) is 6. The number of nitrogens with zero attached hydrogens (tertiary/aromatic N) is 14. The molecule has 0 saturated heterocycles. The number of anilines is 9. The Bertz CT molecular complexity index is 5570. The predicted molar refractivity (Wildman–Crippen MR) is 467 cm³/mol. The lowest BCUT2D eigenvalue weighted by Gasteiger charge is -2.09. The van der Waals surface area contributed by atoms with Crippen molar-refractivity contribution in [1.29, 1.82) is 0 Å². The molecule has 15 N–H and O–H groups in total. The molecule has 0 unspecified atom stereocenters. The molecular weight excluding hydrogens is 1680 g/mol. The Morgan fingerprint density at radius 1 is 0.349 bits per heavy atom. The number of para-hydroxylation sites is 2. The van der Waals surface area contributed by atoms with E-state index >= 15 is 0 Å². The Balaban J connectivity index is 0.496. The molecule has 686 valence electrons. The Morgan fingerprint density at radius 2 is 0.783 bits per heavy atom. The molecule has 0 bridgehead atoms. The van der Waals surface area contributed by atoms with E-state index in [1.165, 1.54) is 82.8 Å². The monoisotopic (exact) mass is 1780 g/mol. The van der Waals surface area contributed by atoms with E-state index in [1.807, 2.05) is 0 Å². The van der Waals surface area contributed by atoms with E-state index in [0.717, 1.165) is 0 Å². The number of hydrogen-bond acceptors (Lipinski definition) is 26. The van der Waals surface area contributed by atoms with Crippen molar-refractivity contribution in [2.75, 3.05) is 160 Å². The van der Waals surface area contributed by atoms with Crippen molar-refractivity contribution in [3.05, 3.63) is 174 Å². The zero-order chi connectivity index (χ0) is 92.3. The number of carbonyl (C=O) groups excluding carboxylic acids is 13. The molecule has 8 heterocycles. The van der Waals surface area contributed by atoms with Crippen LogP contribution in [0, 0.1) is 0 Å². The van der Waals surface area contributed by atoms with Crippen LogP contribution in [-0.4, -0.2) is 256 Å². The molecule has 47 heteroatoms. The maximum Gasteiger partial charge on any atom is 0.291 e. The van der Waals surface area contributed by atoms with Crippen LogP contribution < -0.4 is 74.9 Å². The molecule has 0 aliphatic rings. The number of nitrogens with one attached hydrogen (secondary N) is 13. The second-order valence-electron chi connectivity index (χ2n) is 28.9. The number of aryl methyl sites for hydroxylation is 7. The summed E-state index contributed by atoms with van der Waals surface area (Å²) in [6.07, 6.45) is 13.6. The summed E-state index contributed by atoms with van der Waals surface area (Å²) in [5.74, 6) is -6.00. The van der Waals surface area contributed by atoms with E-state index < -0.39 is 59.1 Å². The number of benzene rings is 2. The van der Waals surface area contributed by atoms with E-state index in [2.05, 4.69) is 99.4 Å². The molecule has 0 saturated carbocycles. The van der Waals surface area contributed by atoms with Crippen molar-refractivity contribution in [2.24, 2.45) is 49.3 Å². The third-order valence-electron chi connectivity index (χ3n) is 18.8. The van der Waals surface area contributed by atoms with E-state index in [0.29, 0.717) is 113 Å². The number of rotatable bonds is 52. The van der Waals surface area contributed by atoms with Gasteiger partial charge in [0.2, 0.25) is 47.0 Å². The van der Waals surface area contributed by atoms with Crippen molar-refractivity contribution >= 4 is 128 Å². The second kappa shape index (κ2) is 48.4. The van der Waals surface area contributed by atoms with Crippen molar-refractivity contribution in [3.8, 4) is 0 Å². The van der Waals surface area contributed by atoms with Gasteiger partial charge in [-0.3, -0.25) is 62.3 Å². The summed E-state index contributed by atoms with van der Waals surface area (Å²) in [6.45, 7) is 4.81. The van der Waals surface area contributed by atoms with Gasteiger partial charge < -0.3 is 135 Å². The zero-order valence-electron chi connectivity index (χ0n) is 72.1. The van der Waals surface area contributed by atoms with Gasteiger partial charge in [-0.15, -0.1) is 5.10 Å². The van der Waals surface area contributed by atoms with Crippen LogP contribution in [0.4, 0.5) is 51.6 Å². The molecule has 13 amide bonds. The number of carbonyl (C=O) groups is 13. The highest BCUT2D eigenvalue weighted by atomic mass is 16.6. The van der Waals surface area contributed by atoms with Crippen molar-refractivity contribution in [1.82, 2.24) is 93.5 Å². The average Bonchev–Trinajstić information content (AvgIpc) is 1.63. The van der Waals surface area contributed by atoms with E-state index in [9.17, 15) is 62.3 Å². The van der Waals surface area contributed by atoms with Crippen LogP contribution in [0.5, 0.6) is 0 Å². The molecule has 0 aliphatic heterocycles. The molecule has 10 aromatic rings. The maximum absolute atomic E-state index is 13.4. The molecule has 0 atom stereocenters. The zero-order valence-corrected chi connectivity index (χ0v) is 72.1. The lowest BCUT2D eigenvalue weighted by molar-refractivity contribution is -0.121. The fourth-order valence-corrected chi connectivity index (χ4v) is 12.3. The van der Waals surface area contributed by atoms with E-state index in [-0.39, 0.29) is 165 Å². The molecule has 2 aromatic carbocycles. The van der Waals surface area contributed by atoms with Gasteiger partial charge in [-0.2, -0.15) is 0 Å². The third kappa shape index (κ3) is 30.4. The minimum Gasteiger partial charge on any atom is -0.397 e. The van der Waals surface area contributed by atoms with Gasteiger partial charge in [0.05, 0.1) is 126 Å². The van der Waals surface area contributed by atoms with E-state index in [1.54, 1.807) is 126 Å². The van der Waals surface area contributed by atoms with Crippen LogP contribution >= 0.6 is 0 Å². The first-order valence-electron chi connectivity index (χ1n) is 40.8. The largest absolute Gasteiger partial charge is 0.397 e. The lowest BCUT2D eigenvalue weighted by Crippen LogP contribution is -2.33. The van der Waals surface area contributed by atoms with Gasteiger partial charge in [-0.05, 0) is 61.0 Å². The number of nitrogen functional groups attached to an aromatic ring is 1. The standard InChI is InChI=1S/C82H104N28O19/c1-103-27-25-85-71(103)81(122)92-55-42-61(105(3)46-55)77(118)87-23-20-69(114)96-64-50-109(7)74(98-64)82(123)93-56-43-60(104(2)47-56)76(117)86-21-10-13-67(112)95-63-49-107(5)72(97-63)79(120)89-24-19-68(113)91-54-41-62(106(4)45-54)78(119)100-65-51-108(6)73(99-65)80(121)88-22-18-66(111)84-26-29-124-31-33-126-35-37-128-39-40-129-38-36-127-34-32-125-30-28-110-48-57(101-102-110)44-70(115)90-53-16-14-52(15-17-53)75(116)94-59-12-9-8-11-58(59)83/h8-9,11-12,14-17,25,27,41-43,45-51H,10,13,18-24,26,28-40,44,83H2,1-7H3,(H,84,111)(H,86,117)(H,87,118)(H,88,121)(H,89,120)(H,90,115)(H,91,113)(H,92,122)(H,93,123)(H,94,116)(H,95,112)(H,96,114)(H,100,119). The highest BCUT2D eigenvalue weighted by Gasteiger charge is 2.25. The Labute approximate surface area is 738 Å². The molecule has 10 rings (SSSR count). The van der Waals surface area contributed by atoms with Gasteiger partial charge in [0.25, 0.3) is 47.3 Å². The summed E-state index contributed by atoms with van der Waals surface area (Å²) in [6, 6.07) is 17.8. The highest BCUT2D eigenvalue weighted by molar-refractivity contribution is 6.08. The van der Waals surface area contributed by atoms with Crippen LogP contribution in [0.2, 0.25) is 0 Å². The van der Waals surface area contributed by atoms with Gasteiger partial charge in [-0.25, -0.2) is 24.6 Å². The van der Waals surface area contributed by atoms with Gasteiger partial charge in [0.15, 0.2) is 23.3 Å². The van der Waals surface area contributed by atoms with Crippen molar-refractivity contribution < 1.29 is 90.8 Å². The van der Waals surface area contributed by atoms with Gasteiger partial charge in [-0.1, -0.05) is 17.3 Å². The Morgan fingerprint density at radius 3 is 1.30 bits per heavy atom. The molecule has 0 radical (unpaired) electrons. The average molecular weight is 1790 g/mol. The second-order valence-corrected chi connectivity index (χ2v) is 28.9. The van der Waals surface area contributed by atoms with Gasteiger partial charge in [0, 0.05) is 175 Å². The minimum absolute atomic E-state index is 0.000990. The summed E-state index contributed by atoms with van der Waals surface area (Å²) >= 11 is 0. The van der Waals surface area contributed by atoms with Crippen LogP contribution in [0.15, 0.2) is 123 Å². The molecule has 0 fully saturated rings. The normalized spacial score (nSPS) is 11.0. The first kappa shape index (κ1) is 96.1. The Kier molecular flexibility index (Phi) is 36.1. The first-order valence-corrected chi connectivity index (χ1v) is 40.8. The summed E-state index contributed by atoms with van der Waals surface area (Å²) in [4.78, 5) is 185. The summed E-state index contributed by atoms with van der Waals surface area (Å²) in [5, 5.41) is 43.1. The topological polar surface area (TPSA) is 576 Å². The van der Waals surface area contributed by atoms with Gasteiger partial charge in [0.1, 0.15) is 17.1 Å². The highest BCUT2D eigenvalue weighted by Crippen LogP contribution is 2.22. The number of nitrogens with two attached hydrogens (primary N) is 1. The van der Waals surface area contributed by atoms with E-state index in [4.69, 9.17) is 34.2 Å². The summed E-state index contributed by atoms with van der Waals surface area (Å²) < 4.78 is 45.2. The number of aromatic nitrogens is 14. The van der Waals surface area contributed by atoms with Crippen molar-refractivity contribution in [3.63, 3.8) is 0 Å². The molecule has 8 aromatic heterocycles. The number of amides is 13. The fraction of sp³-hybridized carbons (Fsp3) is 0.378. The van der Waals surface area contributed by atoms with Crippen LogP contribution in [-0.2, 0) is 115 Å². The molecule has 0 spiro atoms. The first-order chi connectivity index (χ1) is 62.1. The Hall–Kier alpha value is -15.1. The van der Waals surface area contributed by atoms with Gasteiger partial charge >= 0.3 is 0 Å². The fourth-order valence-electron chi connectivity index (χ4n) is 12.3. The SMILES string of the molecule is Cn1cc(NC(=O)c2nc(NC(=O)CCNC(=O)c3cc(NC(=O)c4nccn4C)cn3C)cn2C)cc1C(=O)NCCCC(=O)Nc1cn(C)c(C(=O)NCCC(=O)Nc2cc(C(=O)Nc3cn(C)c(C(=O)NCCC(=O)NCCOCCOCCOCCOCCOCCOCCn4cc(CC(=O)Nc5ccc(C(=O)Nc6ccccc6N)cc5)nn4)n3)n(C)c2)n1. The van der Waals surface area contributed by atoms with Crippen LogP contribution in [0.25, 0.3) is 0 Å². The molecule has 129 heavy (non-hydrogen) atoms. The molecular formula is C82H104N28O19. The predicted octanol–water partition coefficient (Wildman–Crippen LogP) is 1.70. The smallest absolute Gasteiger partial charge is 0.291 e. The maximum atomic E-state index is 13.4. The summed E-state index contributed by atoms with van der Waals surface area (Å²) in [7, 11) is 11.2. The summed E-state index contributed by atoms with van der Waals surface area (Å²) in [5.41, 5.74) is 9.78. The quantitative estimate of drug-likeness (QED) is 0.0191. The van der Waals surface area contributed by atoms with Crippen LogP contribution in [0.1, 0.15) is 122 Å². The molecule has 0 aliphatic carbocycles. The molecule has 47 nitrogen and oxygen atoms in total. The van der Waals surface area contributed by atoms with Crippen LogP contribution in [0.3, 0.4) is 0 Å². The third-order valence-corrected chi connectivity index (χ3v) is 18.8. The van der Waals surface area contributed by atoms with Crippen molar-refractivity contribution in [2.45, 2.75) is 45.1 Å². The number of hydrogen-bond donors (Lipinski definition) is 14. The number of imidazole rings is 4. The lowest BCUT2D eigenvalue weighted by atomic mass is 10.1. The minimum atomic E-state index is -0.642.